The summed E-state index contributed by atoms with van der Waals surface area (Å²) in [5.74, 6) is 0.576. The molecule has 5 nitrogen and oxygen atoms in total. The molecule has 0 amide bonds. The van der Waals surface area contributed by atoms with Crippen molar-refractivity contribution in [2.75, 3.05) is 11.6 Å². The van der Waals surface area contributed by atoms with Gasteiger partial charge in [-0.2, -0.15) is 0 Å². The van der Waals surface area contributed by atoms with Gasteiger partial charge in [-0.05, 0) is 43.7 Å². The van der Waals surface area contributed by atoms with Crippen molar-refractivity contribution in [3.05, 3.63) is 84.7 Å². The molecular formula is C21H19Cl3N4O. The fourth-order valence-electron chi connectivity index (χ4n) is 3.44. The predicted molar refractivity (Wildman–Crippen MR) is 118 cm³/mol. The first-order valence-corrected chi connectivity index (χ1v) is 10.2. The smallest absolute Gasteiger partial charge is 0.259 e. The van der Waals surface area contributed by atoms with Gasteiger partial charge in [-0.1, -0.05) is 53.0 Å². The molecule has 2 aromatic carbocycles. The maximum atomic E-state index is 13.0. The number of hydrogen-bond donors (Lipinski definition) is 0. The van der Waals surface area contributed by atoms with Crippen LogP contribution in [0.25, 0.3) is 0 Å². The van der Waals surface area contributed by atoms with Crippen LogP contribution in [0.1, 0.15) is 16.8 Å². The normalized spacial score (nSPS) is 14.2. The lowest BCUT2D eigenvalue weighted by Gasteiger charge is -2.38. The van der Waals surface area contributed by atoms with Crippen molar-refractivity contribution in [2.45, 2.75) is 27.1 Å². The third-order valence-electron chi connectivity index (χ3n) is 5.05. The molecule has 0 N–H and O–H groups in total. The van der Waals surface area contributed by atoms with Crippen molar-refractivity contribution in [1.82, 2.24) is 14.5 Å². The SMILES string of the molecule is Cc1nc2n(c(=O)c1C)CN(Cc1ccccc1Cl)CN2c1cc(Cl)cc(Cl)c1. The lowest BCUT2D eigenvalue weighted by atomic mass is 10.2. The molecule has 0 saturated carbocycles. The zero-order valence-corrected chi connectivity index (χ0v) is 18.3. The molecule has 29 heavy (non-hydrogen) atoms. The Bertz CT molecular complexity index is 1130. The first-order valence-electron chi connectivity index (χ1n) is 9.11. The average Bonchev–Trinajstić information content (AvgIpc) is 2.67. The summed E-state index contributed by atoms with van der Waals surface area (Å²) < 4.78 is 1.68. The van der Waals surface area contributed by atoms with Crippen LogP contribution in [0, 0.1) is 13.8 Å². The van der Waals surface area contributed by atoms with Gasteiger partial charge < -0.3 is 0 Å². The van der Waals surface area contributed by atoms with Crippen molar-refractivity contribution < 1.29 is 0 Å². The molecule has 1 aliphatic rings. The fraction of sp³-hybridized carbons (Fsp3) is 0.238. The number of aryl methyl sites for hydroxylation is 1. The lowest BCUT2D eigenvalue weighted by molar-refractivity contribution is 0.190. The van der Waals surface area contributed by atoms with E-state index < -0.39 is 0 Å². The Balaban J connectivity index is 1.81. The third kappa shape index (κ3) is 4.01. The minimum absolute atomic E-state index is 0.0607. The quantitative estimate of drug-likeness (QED) is 0.537. The van der Waals surface area contributed by atoms with Crippen LogP contribution in [-0.2, 0) is 13.2 Å². The highest BCUT2D eigenvalue weighted by atomic mass is 35.5. The molecule has 2 heterocycles. The van der Waals surface area contributed by atoms with Gasteiger partial charge in [0.15, 0.2) is 0 Å². The van der Waals surface area contributed by atoms with Crippen LogP contribution in [0.15, 0.2) is 47.3 Å². The summed E-state index contributed by atoms with van der Waals surface area (Å²) in [5.41, 5.74) is 3.05. The van der Waals surface area contributed by atoms with Gasteiger partial charge >= 0.3 is 0 Å². The molecule has 0 radical (unpaired) electrons. The lowest BCUT2D eigenvalue weighted by Crippen LogP contribution is -2.47. The molecule has 0 aliphatic carbocycles. The van der Waals surface area contributed by atoms with Crippen LogP contribution in [0.2, 0.25) is 15.1 Å². The molecule has 1 aromatic heterocycles. The average molecular weight is 450 g/mol. The van der Waals surface area contributed by atoms with Gasteiger partial charge in [-0.3, -0.25) is 19.2 Å². The molecule has 8 heteroatoms. The molecular weight excluding hydrogens is 431 g/mol. The zero-order valence-electron chi connectivity index (χ0n) is 16.0. The highest BCUT2D eigenvalue weighted by Crippen LogP contribution is 2.32. The summed E-state index contributed by atoms with van der Waals surface area (Å²) in [6, 6.07) is 13.0. The van der Waals surface area contributed by atoms with Gasteiger partial charge in [0.2, 0.25) is 5.95 Å². The Morgan fingerprint density at radius 3 is 2.38 bits per heavy atom. The second kappa shape index (κ2) is 8.00. The summed E-state index contributed by atoms with van der Waals surface area (Å²) in [6.45, 7) is 5.15. The highest BCUT2D eigenvalue weighted by molar-refractivity contribution is 6.35. The van der Waals surface area contributed by atoms with E-state index in [0.717, 1.165) is 11.3 Å². The minimum Gasteiger partial charge on any atom is -0.298 e. The van der Waals surface area contributed by atoms with Crippen LogP contribution in [0.5, 0.6) is 0 Å². The second-order valence-corrected chi connectivity index (χ2v) is 8.39. The van der Waals surface area contributed by atoms with E-state index in [1.807, 2.05) is 48.2 Å². The number of anilines is 2. The predicted octanol–water partition coefficient (Wildman–Crippen LogP) is 5.39. The monoisotopic (exact) mass is 448 g/mol. The molecule has 150 valence electrons. The Morgan fingerprint density at radius 2 is 1.69 bits per heavy atom. The van der Waals surface area contributed by atoms with E-state index in [2.05, 4.69) is 4.90 Å². The summed E-state index contributed by atoms with van der Waals surface area (Å²) in [5, 5.41) is 1.74. The molecule has 0 spiro atoms. The van der Waals surface area contributed by atoms with Crippen molar-refractivity contribution >= 4 is 46.4 Å². The van der Waals surface area contributed by atoms with Crippen LogP contribution in [0.4, 0.5) is 11.6 Å². The molecule has 0 saturated heterocycles. The molecule has 0 atom stereocenters. The standard InChI is InChI=1S/C21H19Cl3N4O/c1-13-14(2)25-21-27(18-8-16(22)7-17(23)9-18)11-26(12-28(21)20(13)29)10-15-5-3-4-6-19(15)24/h3-9H,10-12H2,1-2H3. The van der Waals surface area contributed by atoms with Crippen LogP contribution >= 0.6 is 34.8 Å². The number of aromatic nitrogens is 2. The number of benzene rings is 2. The maximum absolute atomic E-state index is 13.0. The van der Waals surface area contributed by atoms with Crippen LogP contribution in [-0.4, -0.2) is 21.1 Å². The molecule has 0 unspecified atom stereocenters. The van der Waals surface area contributed by atoms with Crippen molar-refractivity contribution in [2.24, 2.45) is 0 Å². The topological polar surface area (TPSA) is 41.4 Å². The molecule has 0 bridgehead atoms. The maximum Gasteiger partial charge on any atom is 0.259 e. The van der Waals surface area contributed by atoms with E-state index in [9.17, 15) is 4.79 Å². The third-order valence-corrected chi connectivity index (χ3v) is 5.86. The van der Waals surface area contributed by atoms with Gasteiger partial charge in [-0.25, -0.2) is 4.98 Å². The zero-order chi connectivity index (χ0) is 20.7. The highest BCUT2D eigenvalue weighted by Gasteiger charge is 2.28. The Kier molecular flexibility index (Phi) is 5.58. The van der Waals surface area contributed by atoms with Gasteiger partial charge in [0, 0.05) is 38.6 Å². The Morgan fingerprint density at radius 1 is 1.00 bits per heavy atom. The summed E-state index contributed by atoms with van der Waals surface area (Å²) in [4.78, 5) is 21.8. The number of halogens is 3. The van der Waals surface area contributed by atoms with Gasteiger partial charge in [-0.15, -0.1) is 0 Å². The fourth-order valence-corrected chi connectivity index (χ4v) is 4.15. The van der Waals surface area contributed by atoms with Crippen molar-refractivity contribution in [3.63, 3.8) is 0 Å². The number of nitrogens with zero attached hydrogens (tertiary/aromatic N) is 4. The molecule has 3 aromatic rings. The van der Waals surface area contributed by atoms with Gasteiger partial charge in [0.25, 0.3) is 5.56 Å². The number of fused-ring (bicyclic) bond motifs is 1. The number of rotatable bonds is 3. The van der Waals surface area contributed by atoms with Crippen molar-refractivity contribution in [3.8, 4) is 0 Å². The van der Waals surface area contributed by atoms with E-state index in [1.165, 1.54) is 0 Å². The van der Waals surface area contributed by atoms with Crippen LogP contribution in [0.3, 0.4) is 0 Å². The summed E-state index contributed by atoms with van der Waals surface area (Å²) >= 11 is 18.8. The first kappa shape index (κ1) is 20.2. The van der Waals surface area contributed by atoms with E-state index in [1.54, 1.807) is 17.6 Å². The van der Waals surface area contributed by atoms with Crippen LogP contribution < -0.4 is 10.5 Å². The minimum atomic E-state index is -0.0607. The van der Waals surface area contributed by atoms with Gasteiger partial charge in [0.1, 0.15) is 0 Å². The van der Waals surface area contributed by atoms with Gasteiger partial charge in [0.05, 0.1) is 13.3 Å². The molecule has 4 rings (SSSR count). The van der Waals surface area contributed by atoms with E-state index in [0.29, 0.717) is 52.2 Å². The molecule has 1 aliphatic heterocycles. The first-order chi connectivity index (χ1) is 13.8. The summed E-state index contributed by atoms with van der Waals surface area (Å²) in [6.07, 6.45) is 0. The van der Waals surface area contributed by atoms with E-state index in [-0.39, 0.29) is 5.56 Å². The Labute approximate surface area is 184 Å². The largest absolute Gasteiger partial charge is 0.298 e. The summed E-state index contributed by atoms with van der Waals surface area (Å²) in [7, 11) is 0. The van der Waals surface area contributed by atoms with E-state index in [4.69, 9.17) is 39.8 Å². The number of hydrogen-bond acceptors (Lipinski definition) is 4. The second-order valence-electron chi connectivity index (χ2n) is 7.11. The molecule has 0 fully saturated rings. The van der Waals surface area contributed by atoms with Crippen molar-refractivity contribution in [1.29, 1.82) is 0 Å². The Hall–Kier alpha value is -2.05. The van der Waals surface area contributed by atoms with E-state index >= 15 is 0 Å².